The SMILES string of the molecule is CCc1c2c(nc3cc(CN4CC4)c(O)cc13)-c1cc3c(c(=O)n1C2)COC(=O)[C@]3(O)CC. The number of nitrogens with zero attached hydrogens (tertiary/aromatic N) is 3. The van der Waals surface area contributed by atoms with Crippen LogP contribution < -0.4 is 5.56 Å². The van der Waals surface area contributed by atoms with Crippen molar-refractivity contribution < 1.29 is 19.7 Å². The van der Waals surface area contributed by atoms with Crippen LogP contribution >= 0.6 is 0 Å². The molecule has 1 saturated heterocycles. The van der Waals surface area contributed by atoms with Gasteiger partial charge in [-0.05, 0) is 36.6 Å². The van der Waals surface area contributed by atoms with Crippen LogP contribution in [0.4, 0.5) is 0 Å². The Hall–Kier alpha value is -3.23. The summed E-state index contributed by atoms with van der Waals surface area (Å²) in [4.78, 5) is 32.9. The van der Waals surface area contributed by atoms with Gasteiger partial charge in [0.25, 0.3) is 5.56 Å². The second-order valence-electron chi connectivity index (χ2n) is 9.15. The molecule has 0 saturated carbocycles. The normalized spacial score (nSPS) is 21.0. The summed E-state index contributed by atoms with van der Waals surface area (Å²) in [6.07, 6.45) is 0.828. The number of rotatable bonds is 4. The van der Waals surface area contributed by atoms with Crippen molar-refractivity contribution >= 4 is 16.9 Å². The highest BCUT2D eigenvalue weighted by atomic mass is 16.6. The number of cyclic esters (lactones) is 1. The van der Waals surface area contributed by atoms with Crippen LogP contribution in [0.3, 0.4) is 0 Å². The number of aliphatic hydroxyl groups is 1. The summed E-state index contributed by atoms with van der Waals surface area (Å²) in [5.41, 5.74) is 3.41. The van der Waals surface area contributed by atoms with Gasteiger partial charge in [-0.1, -0.05) is 13.8 Å². The Morgan fingerprint density at radius 2 is 1.94 bits per heavy atom. The number of phenols is 1. The number of phenolic OH excluding ortho intramolecular Hbond substituents is 1. The number of aromatic nitrogens is 2. The summed E-state index contributed by atoms with van der Waals surface area (Å²) < 4.78 is 6.80. The summed E-state index contributed by atoms with van der Waals surface area (Å²) in [6, 6.07) is 5.46. The Balaban J connectivity index is 1.60. The van der Waals surface area contributed by atoms with E-state index >= 15 is 0 Å². The van der Waals surface area contributed by atoms with Crippen molar-refractivity contribution in [2.75, 3.05) is 13.1 Å². The Bertz CT molecular complexity index is 1420. The molecule has 33 heavy (non-hydrogen) atoms. The third-order valence-corrected chi connectivity index (χ3v) is 7.29. The predicted octanol–water partition coefficient (Wildman–Crippen LogP) is 2.16. The van der Waals surface area contributed by atoms with Gasteiger partial charge in [0.1, 0.15) is 12.4 Å². The second kappa shape index (κ2) is 6.88. The molecule has 6 rings (SSSR count). The van der Waals surface area contributed by atoms with Crippen LogP contribution in [0.5, 0.6) is 5.75 Å². The van der Waals surface area contributed by atoms with Crippen LogP contribution in [0.25, 0.3) is 22.3 Å². The fourth-order valence-electron chi connectivity index (χ4n) is 5.24. The molecular formula is C25H25N3O5. The van der Waals surface area contributed by atoms with Crippen molar-refractivity contribution in [3.8, 4) is 17.1 Å². The summed E-state index contributed by atoms with van der Waals surface area (Å²) >= 11 is 0. The number of hydrogen-bond donors (Lipinski definition) is 2. The first-order valence-electron chi connectivity index (χ1n) is 11.4. The monoisotopic (exact) mass is 447 g/mol. The Labute approximate surface area is 190 Å². The van der Waals surface area contributed by atoms with Gasteiger partial charge in [0.05, 0.1) is 29.0 Å². The summed E-state index contributed by atoms with van der Waals surface area (Å²) in [7, 11) is 0. The fraction of sp³-hybridized carbons (Fsp3) is 0.400. The van der Waals surface area contributed by atoms with E-state index in [1.807, 2.05) is 6.07 Å². The molecular weight excluding hydrogens is 422 g/mol. The molecule has 2 aromatic heterocycles. The summed E-state index contributed by atoms with van der Waals surface area (Å²) in [5, 5.41) is 22.6. The minimum Gasteiger partial charge on any atom is -0.508 e. The number of aromatic hydroxyl groups is 1. The van der Waals surface area contributed by atoms with Gasteiger partial charge < -0.3 is 19.5 Å². The molecule has 0 spiro atoms. The van der Waals surface area contributed by atoms with Crippen LogP contribution in [-0.2, 0) is 41.2 Å². The van der Waals surface area contributed by atoms with Gasteiger partial charge in [0.2, 0.25) is 0 Å². The highest BCUT2D eigenvalue weighted by Gasteiger charge is 2.45. The number of ether oxygens (including phenoxy) is 1. The molecule has 8 nitrogen and oxygen atoms in total. The third-order valence-electron chi connectivity index (χ3n) is 7.29. The number of carbonyl (C=O) groups excluding carboxylic acids is 1. The molecule has 1 aromatic carbocycles. The van der Waals surface area contributed by atoms with E-state index in [9.17, 15) is 19.8 Å². The maximum atomic E-state index is 13.4. The molecule has 8 heteroatoms. The van der Waals surface area contributed by atoms with Crippen molar-refractivity contribution in [1.82, 2.24) is 14.5 Å². The summed E-state index contributed by atoms with van der Waals surface area (Å²) in [6.45, 7) is 6.69. The van der Waals surface area contributed by atoms with Crippen LogP contribution in [0.15, 0.2) is 23.0 Å². The van der Waals surface area contributed by atoms with Crippen molar-refractivity contribution in [1.29, 1.82) is 0 Å². The van der Waals surface area contributed by atoms with Gasteiger partial charge in [0.15, 0.2) is 5.60 Å². The lowest BCUT2D eigenvalue weighted by atomic mass is 9.86. The van der Waals surface area contributed by atoms with Crippen LogP contribution in [0.2, 0.25) is 0 Å². The maximum Gasteiger partial charge on any atom is 0.343 e. The zero-order valence-electron chi connectivity index (χ0n) is 18.6. The standard InChI is InChI=1S/C25H25N3O5/c1-3-14-15-8-21(29)13(10-27-5-6-27)7-19(15)26-22-16(14)11-28-20(22)9-18-17(23(28)30)12-33-24(31)25(18,32)4-2/h7-9,29,32H,3-6,10-12H2,1-2H3/t25-/m0/s1. The van der Waals surface area contributed by atoms with Crippen LogP contribution in [0, 0.1) is 0 Å². The first kappa shape index (κ1) is 20.4. The number of aryl methyl sites for hydroxylation is 1. The van der Waals surface area contributed by atoms with Gasteiger partial charge in [-0.2, -0.15) is 0 Å². The molecule has 0 bridgehead atoms. The zero-order valence-corrected chi connectivity index (χ0v) is 18.6. The van der Waals surface area contributed by atoms with E-state index in [4.69, 9.17) is 9.72 Å². The largest absolute Gasteiger partial charge is 0.508 e. The molecule has 1 fully saturated rings. The smallest absolute Gasteiger partial charge is 0.343 e. The van der Waals surface area contributed by atoms with E-state index in [0.29, 0.717) is 35.6 Å². The first-order valence-corrected chi connectivity index (χ1v) is 11.4. The first-order chi connectivity index (χ1) is 15.9. The highest BCUT2D eigenvalue weighted by molar-refractivity contribution is 5.90. The van der Waals surface area contributed by atoms with Crippen LogP contribution in [0.1, 0.15) is 48.1 Å². The molecule has 0 aliphatic carbocycles. The third kappa shape index (κ3) is 2.80. The zero-order chi connectivity index (χ0) is 23.1. The number of fused-ring (bicyclic) bond motifs is 5. The van der Waals surface area contributed by atoms with E-state index in [0.717, 1.165) is 47.1 Å². The molecule has 0 radical (unpaired) electrons. The van der Waals surface area contributed by atoms with E-state index in [2.05, 4.69) is 11.8 Å². The molecule has 3 aliphatic rings. The number of pyridine rings is 2. The van der Waals surface area contributed by atoms with Gasteiger partial charge in [-0.15, -0.1) is 0 Å². The fourth-order valence-corrected chi connectivity index (χ4v) is 5.24. The second-order valence-corrected chi connectivity index (χ2v) is 9.15. The Morgan fingerprint density at radius 3 is 2.64 bits per heavy atom. The number of hydrogen-bond acceptors (Lipinski definition) is 7. The number of benzene rings is 1. The van der Waals surface area contributed by atoms with Crippen molar-refractivity contribution in [3.63, 3.8) is 0 Å². The van der Waals surface area contributed by atoms with Crippen molar-refractivity contribution in [2.45, 2.75) is 52.0 Å². The Kier molecular flexibility index (Phi) is 4.25. The molecule has 3 aromatic rings. The predicted molar refractivity (Wildman–Crippen MR) is 121 cm³/mol. The van der Waals surface area contributed by atoms with E-state index in [-0.39, 0.29) is 24.3 Å². The molecule has 0 unspecified atom stereocenters. The average Bonchev–Trinajstić information content (AvgIpc) is 3.55. The molecule has 170 valence electrons. The van der Waals surface area contributed by atoms with Gasteiger partial charge in [-0.3, -0.25) is 9.69 Å². The molecule has 2 N–H and O–H groups in total. The lowest BCUT2D eigenvalue weighted by molar-refractivity contribution is -0.172. The molecule has 1 atom stereocenters. The van der Waals surface area contributed by atoms with E-state index in [1.54, 1.807) is 23.6 Å². The van der Waals surface area contributed by atoms with Crippen LogP contribution in [-0.4, -0.2) is 43.7 Å². The van der Waals surface area contributed by atoms with Gasteiger partial charge >= 0.3 is 5.97 Å². The molecule has 5 heterocycles. The quantitative estimate of drug-likeness (QED) is 0.365. The van der Waals surface area contributed by atoms with Crippen molar-refractivity contribution in [3.05, 3.63) is 56.4 Å². The van der Waals surface area contributed by atoms with E-state index < -0.39 is 11.6 Å². The minimum absolute atomic E-state index is 0.110. The average molecular weight is 447 g/mol. The minimum atomic E-state index is -1.84. The lowest BCUT2D eigenvalue weighted by Crippen LogP contribution is -2.44. The molecule has 0 amide bonds. The summed E-state index contributed by atoms with van der Waals surface area (Å²) in [5.74, 6) is -0.464. The lowest BCUT2D eigenvalue weighted by Gasteiger charge is -2.31. The number of carbonyl (C=O) groups is 1. The van der Waals surface area contributed by atoms with Gasteiger partial charge in [-0.25, -0.2) is 9.78 Å². The number of esters is 1. The van der Waals surface area contributed by atoms with E-state index in [1.165, 1.54) is 0 Å². The Morgan fingerprint density at radius 1 is 1.15 bits per heavy atom. The van der Waals surface area contributed by atoms with Gasteiger partial charge in [0, 0.05) is 41.7 Å². The topological polar surface area (TPSA) is 105 Å². The highest BCUT2D eigenvalue weighted by Crippen LogP contribution is 2.41. The molecule has 3 aliphatic heterocycles. The van der Waals surface area contributed by atoms with Crippen molar-refractivity contribution in [2.24, 2.45) is 0 Å². The maximum absolute atomic E-state index is 13.4.